The molecule has 0 fully saturated rings. The third-order valence-electron chi connectivity index (χ3n) is 1.03. The van der Waals surface area contributed by atoms with Gasteiger partial charge in [0.15, 0.2) is 5.82 Å². The third kappa shape index (κ3) is 2.84. The Hall–Kier alpha value is -1.16. The number of halogens is 1. The van der Waals surface area contributed by atoms with E-state index in [9.17, 15) is 0 Å². The molecule has 0 aromatic carbocycles. The van der Waals surface area contributed by atoms with Crippen LogP contribution in [0.2, 0.25) is 5.15 Å². The molecule has 0 aliphatic rings. The first-order valence-corrected chi connectivity index (χ1v) is 3.74. The van der Waals surface area contributed by atoms with Gasteiger partial charge in [0.25, 0.3) is 0 Å². The highest BCUT2D eigenvalue weighted by atomic mass is 35.5. The molecule has 0 N–H and O–H groups in total. The van der Waals surface area contributed by atoms with Crippen LogP contribution in [0.25, 0.3) is 0 Å². The van der Waals surface area contributed by atoms with Crippen molar-refractivity contribution in [3.8, 4) is 0 Å². The summed E-state index contributed by atoms with van der Waals surface area (Å²) in [6.45, 7) is 0. The van der Waals surface area contributed by atoms with Crippen LogP contribution < -0.4 is 0 Å². The van der Waals surface area contributed by atoms with Gasteiger partial charge in [-0.15, -0.1) is 0 Å². The topological polar surface area (TPSA) is 41.4 Å². The van der Waals surface area contributed by atoms with Crippen molar-refractivity contribution in [2.75, 3.05) is 14.1 Å². The molecule has 0 saturated heterocycles. The maximum atomic E-state index is 5.54. The van der Waals surface area contributed by atoms with E-state index in [0.29, 0.717) is 11.0 Å². The molecule has 1 heterocycles. The molecule has 5 heteroatoms. The number of aromatic nitrogens is 2. The molecule has 0 amide bonds. The minimum atomic E-state index is 0.374. The summed E-state index contributed by atoms with van der Waals surface area (Å²) >= 11 is 5.54. The SMILES string of the molecule is CN(C)C=Nc1cnc(Cl)cn1. The number of hydrogen-bond donors (Lipinski definition) is 0. The van der Waals surface area contributed by atoms with E-state index in [1.54, 1.807) is 6.34 Å². The number of nitrogens with zero attached hydrogens (tertiary/aromatic N) is 4. The Labute approximate surface area is 75.9 Å². The van der Waals surface area contributed by atoms with Crippen molar-refractivity contribution in [3.63, 3.8) is 0 Å². The Bertz CT molecular complexity index is 267. The highest BCUT2D eigenvalue weighted by molar-refractivity contribution is 6.29. The second-order valence-corrected chi connectivity index (χ2v) is 2.79. The predicted molar refractivity (Wildman–Crippen MR) is 48.9 cm³/mol. The van der Waals surface area contributed by atoms with Crippen molar-refractivity contribution in [1.82, 2.24) is 14.9 Å². The molecule has 0 unspecified atom stereocenters. The number of aliphatic imine (C=N–C) groups is 1. The van der Waals surface area contributed by atoms with Gasteiger partial charge in [-0.1, -0.05) is 11.6 Å². The van der Waals surface area contributed by atoms with Crippen LogP contribution >= 0.6 is 11.6 Å². The minimum Gasteiger partial charge on any atom is -0.369 e. The summed E-state index contributed by atoms with van der Waals surface area (Å²) in [5.41, 5.74) is 0. The van der Waals surface area contributed by atoms with E-state index in [4.69, 9.17) is 11.6 Å². The molecular formula is C7H9ClN4. The summed E-state index contributed by atoms with van der Waals surface area (Å²) in [6.07, 6.45) is 4.63. The average Bonchev–Trinajstić information content (AvgIpc) is 2.03. The van der Waals surface area contributed by atoms with Gasteiger partial charge in [0.2, 0.25) is 0 Å². The predicted octanol–water partition coefficient (Wildman–Crippen LogP) is 1.35. The van der Waals surface area contributed by atoms with Gasteiger partial charge in [-0.05, 0) is 0 Å². The highest BCUT2D eigenvalue weighted by Crippen LogP contribution is 2.07. The van der Waals surface area contributed by atoms with Gasteiger partial charge in [0.05, 0.1) is 18.7 Å². The van der Waals surface area contributed by atoms with Gasteiger partial charge in [0, 0.05) is 14.1 Å². The van der Waals surface area contributed by atoms with Crippen LogP contribution in [0, 0.1) is 0 Å². The van der Waals surface area contributed by atoms with E-state index in [1.807, 2.05) is 19.0 Å². The Morgan fingerprint density at radius 3 is 2.67 bits per heavy atom. The van der Waals surface area contributed by atoms with Crippen LogP contribution in [0.1, 0.15) is 0 Å². The van der Waals surface area contributed by atoms with E-state index in [2.05, 4.69) is 15.0 Å². The summed E-state index contributed by atoms with van der Waals surface area (Å²) in [5.74, 6) is 0.549. The highest BCUT2D eigenvalue weighted by Gasteiger charge is 1.90. The first kappa shape index (κ1) is 8.93. The van der Waals surface area contributed by atoms with Crippen molar-refractivity contribution in [2.24, 2.45) is 4.99 Å². The first-order valence-electron chi connectivity index (χ1n) is 3.36. The van der Waals surface area contributed by atoms with Gasteiger partial charge >= 0.3 is 0 Å². The lowest BCUT2D eigenvalue weighted by molar-refractivity contribution is 0.643. The van der Waals surface area contributed by atoms with Crippen molar-refractivity contribution in [1.29, 1.82) is 0 Å². The monoisotopic (exact) mass is 184 g/mol. The molecule has 0 aliphatic heterocycles. The molecule has 12 heavy (non-hydrogen) atoms. The van der Waals surface area contributed by atoms with Crippen LogP contribution in [0.4, 0.5) is 5.82 Å². The Balaban J connectivity index is 2.71. The van der Waals surface area contributed by atoms with Crippen LogP contribution in [0.3, 0.4) is 0 Å². The molecule has 64 valence electrons. The number of rotatable bonds is 2. The fourth-order valence-electron chi connectivity index (χ4n) is 0.547. The molecule has 4 nitrogen and oxygen atoms in total. The molecule has 0 bridgehead atoms. The van der Waals surface area contributed by atoms with Gasteiger partial charge < -0.3 is 4.90 Å². The molecule has 0 aliphatic carbocycles. The molecule has 0 radical (unpaired) electrons. The minimum absolute atomic E-state index is 0.374. The maximum absolute atomic E-state index is 5.54. The largest absolute Gasteiger partial charge is 0.369 e. The van der Waals surface area contributed by atoms with Crippen LogP contribution in [-0.4, -0.2) is 35.3 Å². The van der Waals surface area contributed by atoms with E-state index in [1.165, 1.54) is 12.4 Å². The van der Waals surface area contributed by atoms with Crippen molar-refractivity contribution >= 4 is 23.8 Å². The quantitative estimate of drug-likeness (QED) is 0.515. The lowest BCUT2D eigenvalue weighted by Gasteiger charge is -2.00. The smallest absolute Gasteiger partial charge is 0.172 e. The standard InChI is InChI=1S/C7H9ClN4/c1-12(2)5-11-7-4-9-6(8)3-10-7/h3-5H,1-2H3. The van der Waals surface area contributed by atoms with Crippen molar-refractivity contribution in [2.45, 2.75) is 0 Å². The summed E-state index contributed by atoms with van der Waals surface area (Å²) in [5, 5.41) is 0.374. The first-order chi connectivity index (χ1) is 5.68. The lowest BCUT2D eigenvalue weighted by Crippen LogP contribution is -2.07. The average molecular weight is 185 g/mol. The second-order valence-electron chi connectivity index (χ2n) is 2.41. The number of hydrogen-bond acceptors (Lipinski definition) is 3. The lowest BCUT2D eigenvalue weighted by atomic mass is 10.7. The fraction of sp³-hybridized carbons (Fsp3) is 0.286. The third-order valence-corrected chi connectivity index (χ3v) is 1.22. The molecular weight excluding hydrogens is 176 g/mol. The van der Waals surface area contributed by atoms with E-state index in [0.717, 1.165) is 0 Å². The summed E-state index contributed by atoms with van der Waals surface area (Å²) in [7, 11) is 3.76. The molecule has 0 spiro atoms. The summed E-state index contributed by atoms with van der Waals surface area (Å²) in [4.78, 5) is 13.6. The molecule has 0 saturated carbocycles. The fourth-order valence-corrected chi connectivity index (χ4v) is 0.644. The van der Waals surface area contributed by atoms with Crippen LogP contribution in [0.15, 0.2) is 17.4 Å². The van der Waals surface area contributed by atoms with Crippen molar-refractivity contribution in [3.05, 3.63) is 17.5 Å². The zero-order valence-corrected chi connectivity index (χ0v) is 7.65. The van der Waals surface area contributed by atoms with Gasteiger partial charge in [-0.3, -0.25) is 0 Å². The maximum Gasteiger partial charge on any atom is 0.172 e. The van der Waals surface area contributed by atoms with Crippen LogP contribution in [0.5, 0.6) is 0 Å². The normalized spacial score (nSPS) is 10.6. The van der Waals surface area contributed by atoms with E-state index < -0.39 is 0 Å². The summed E-state index contributed by atoms with van der Waals surface area (Å²) < 4.78 is 0. The Morgan fingerprint density at radius 2 is 2.17 bits per heavy atom. The van der Waals surface area contributed by atoms with Gasteiger partial charge in [0.1, 0.15) is 5.15 Å². The second kappa shape index (κ2) is 4.01. The Morgan fingerprint density at radius 1 is 1.42 bits per heavy atom. The molecule has 1 aromatic rings. The Kier molecular flexibility index (Phi) is 2.99. The summed E-state index contributed by atoms with van der Waals surface area (Å²) in [6, 6.07) is 0. The molecule has 1 rings (SSSR count). The molecule has 0 atom stereocenters. The van der Waals surface area contributed by atoms with Gasteiger partial charge in [-0.2, -0.15) is 0 Å². The van der Waals surface area contributed by atoms with Crippen molar-refractivity contribution < 1.29 is 0 Å². The molecule has 1 aromatic heterocycles. The zero-order valence-electron chi connectivity index (χ0n) is 6.90. The van der Waals surface area contributed by atoms with Gasteiger partial charge in [-0.25, -0.2) is 15.0 Å². The van der Waals surface area contributed by atoms with Crippen LogP contribution in [-0.2, 0) is 0 Å². The van der Waals surface area contributed by atoms with E-state index in [-0.39, 0.29) is 0 Å². The van der Waals surface area contributed by atoms with E-state index >= 15 is 0 Å². The zero-order chi connectivity index (χ0) is 8.97.